The first kappa shape index (κ1) is 30.5. The number of hydrogen-bond donors (Lipinski definition) is 3. The fourth-order valence-electron chi connectivity index (χ4n) is 4.37. The van der Waals surface area contributed by atoms with Crippen LogP contribution in [-0.2, 0) is 16.1 Å². The van der Waals surface area contributed by atoms with Gasteiger partial charge in [0.2, 0.25) is 11.8 Å². The number of nitrogens with one attached hydrogen (secondary N) is 1. The van der Waals surface area contributed by atoms with Gasteiger partial charge in [-0.1, -0.05) is 19.1 Å². The van der Waals surface area contributed by atoms with E-state index in [4.69, 9.17) is 9.47 Å². The molecule has 0 heterocycles. The maximum atomic E-state index is 13.5. The van der Waals surface area contributed by atoms with Gasteiger partial charge in [-0.25, -0.2) is 4.39 Å². The number of hydrogen-bond acceptors (Lipinski definition) is 7. The van der Waals surface area contributed by atoms with Crippen molar-refractivity contribution in [3.8, 4) is 11.5 Å². The number of carbonyl (C=O) groups is 3. The minimum Gasteiger partial charge on any atom is -0.493 e. The molecule has 1 aliphatic carbocycles. The average molecular weight is 654 g/mol. The summed E-state index contributed by atoms with van der Waals surface area (Å²) in [6.07, 6.45) is 0.686. The molecule has 0 bridgehead atoms. The number of aliphatic hydroxyl groups is 2. The Hall–Kier alpha value is -3.03. The highest BCUT2D eigenvalue weighted by atomic mass is 127. The first-order valence-electron chi connectivity index (χ1n) is 12.5. The standard InChI is InChI=1S/C28H32FIN2O7/c1-3-4-25(35)32(15-17-5-7-20(29)8-6-17)22-13-19(28(37)31-9-10-33)14-23(26(22)36)39-27-21(30)11-18(16-34)12-24(27)38-2/h5-8,11-12,14,16,22-23,26,33,36H,3-4,9-10,13,15H2,1-2H3,(H,31,37). The predicted molar refractivity (Wildman–Crippen MR) is 150 cm³/mol. The topological polar surface area (TPSA) is 125 Å². The van der Waals surface area contributed by atoms with Gasteiger partial charge in [-0.15, -0.1) is 0 Å². The van der Waals surface area contributed by atoms with Gasteiger partial charge in [0.15, 0.2) is 11.5 Å². The minimum atomic E-state index is -1.24. The Balaban J connectivity index is 2.03. The van der Waals surface area contributed by atoms with Crippen molar-refractivity contribution in [2.45, 2.75) is 51.0 Å². The summed E-state index contributed by atoms with van der Waals surface area (Å²) in [6.45, 7) is 1.73. The van der Waals surface area contributed by atoms with Crippen LogP contribution >= 0.6 is 22.6 Å². The molecule has 3 rings (SSSR count). The number of ether oxygens (including phenoxy) is 2. The average Bonchev–Trinajstić information content (AvgIpc) is 2.93. The van der Waals surface area contributed by atoms with Gasteiger partial charge in [0.25, 0.3) is 0 Å². The molecule has 0 saturated carbocycles. The van der Waals surface area contributed by atoms with Crippen LogP contribution in [0.5, 0.6) is 11.5 Å². The van der Waals surface area contributed by atoms with Crippen molar-refractivity contribution in [3.63, 3.8) is 0 Å². The van der Waals surface area contributed by atoms with Crippen molar-refractivity contribution < 1.29 is 38.5 Å². The number of rotatable bonds is 12. The molecule has 3 atom stereocenters. The largest absolute Gasteiger partial charge is 0.493 e. The molecule has 39 heavy (non-hydrogen) atoms. The summed E-state index contributed by atoms with van der Waals surface area (Å²) in [5.74, 6) is -0.569. The van der Waals surface area contributed by atoms with Gasteiger partial charge in [0, 0.05) is 37.1 Å². The quantitative estimate of drug-likeness (QED) is 0.238. The number of aliphatic hydroxyl groups excluding tert-OH is 2. The number of halogens is 2. The molecule has 0 aromatic heterocycles. The lowest BCUT2D eigenvalue weighted by Gasteiger charge is -2.40. The number of aldehydes is 1. The summed E-state index contributed by atoms with van der Waals surface area (Å²) in [6, 6.07) is 7.98. The third kappa shape index (κ3) is 7.76. The van der Waals surface area contributed by atoms with Crippen LogP contribution in [0, 0.1) is 9.39 Å². The molecule has 0 radical (unpaired) electrons. The van der Waals surface area contributed by atoms with E-state index in [1.165, 1.54) is 36.3 Å². The molecule has 2 aromatic carbocycles. The Morgan fingerprint density at radius 1 is 1.26 bits per heavy atom. The van der Waals surface area contributed by atoms with Gasteiger partial charge in [0.05, 0.1) is 23.3 Å². The van der Waals surface area contributed by atoms with Crippen LogP contribution < -0.4 is 14.8 Å². The van der Waals surface area contributed by atoms with E-state index < -0.39 is 30.0 Å². The summed E-state index contributed by atoms with van der Waals surface area (Å²) in [4.78, 5) is 39.1. The zero-order chi connectivity index (χ0) is 28.5. The van der Waals surface area contributed by atoms with Crippen LogP contribution in [0.3, 0.4) is 0 Å². The second kappa shape index (κ2) is 14.4. The van der Waals surface area contributed by atoms with E-state index in [2.05, 4.69) is 5.32 Å². The fourth-order valence-corrected chi connectivity index (χ4v) is 5.12. The predicted octanol–water partition coefficient (Wildman–Crippen LogP) is 3.00. The van der Waals surface area contributed by atoms with Crippen LogP contribution in [-0.4, -0.2) is 71.7 Å². The molecule has 3 N–H and O–H groups in total. The van der Waals surface area contributed by atoms with Crippen molar-refractivity contribution in [1.82, 2.24) is 10.2 Å². The molecule has 2 amide bonds. The molecule has 9 nitrogen and oxygen atoms in total. The van der Waals surface area contributed by atoms with Crippen LogP contribution in [0.4, 0.5) is 4.39 Å². The smallest absolute Gasteiger partial charge is 0.247 e. The number of methoxy groups -OCH3 is 1. The molecule has 0 saturated heterocycles. The first-order valence-corrected chi connectivity index (χ1v) is 13.6. The second-order valence-electron chi connectivity index (χ2n) is 9.07. The normalized spacial score (nSPS) is 18.6. The SMILES string of the molecule is CCCC(=O)N(Cc1ccc(F)cc1)C1CC(C(=O)NCCO)=CC(Oc2c(I)cc(C=O)cc2OC)C1O. The molecular weight excluding hydrogens is 622 g/mol. The van der Waals surface area contributed by atoms with Crippen molar-refractivity contribution in [2.24, 2.45) is 0 Å². The monoisotopic (exact) mass is 654 g/mol. The summed E-state index contributed by atoms with van der Waals surface area (Å²) in [5, 5.41) is 23.3. The summed E-state index contributed by atoms with van der Waals surface area (Å²) in [5.41, 5.74) is 1.31. The molecule has 0 aliphatic heterocycles. The number of carbonyl (C=O) groups excluding carboxylic acids is 3. The molecular formula is C28H32FIN2O7. The highest BCUT2D eigenvalue weighted by Gasteiger charge is 2.40. The van der Waals surface area contributed by atoms with Crippen LogP contribution in [0.15, 0.2) is 48.0 Å². The minimum absolute atomic E-state index is 0.0296. The van der Waals surface area contributed by atoms with E-state index in [9.17, 15) is 29.0 Å². The Morgan fingerprint density at radius 2 is 1.97 bits per heavy atom. The van der Waals surface area contributed by atoms with E-state index >= 15 is 0 Å². The van der Waals surface area contributed by atoms with Crippen LogP contribution in [0.25, 0.3) is 0 Å². The van der Waals surface area contributed by atoms with Gasteiger partial charge in [-0.3, -0.25) is 14.4 Å². The highest BCUT2D eigenvalue weighted by molar-refractivity contribution is 14.1. The second-order valence-corrected chi connectivity index (χ2v) is 10.2. The Kier molecular flexibility index (Phi) is 11.3. The van der Waals surface area contributed by atoms with Crippen molar-refractivity contribution in [1.29, 1.82) is 0 Å². The zero-order valence-corrected chi connectivity index (χ0v) is 23.9. The first-order chi connectivity index (χ1) is 18.7. The third-order valence-electron chi connectivity index (χ3n) is 6.31. The molecule has 0 fully saturated rings. The van der Waals surface area contributed by atoms with Crippen LogP contribution in [0.1, 0.15) is 42.1 Å². The maximum absolute atomic E-state index is 13.5. The summed E-state index contributed by atoms with van der Waals surface area (Å²) >= 11 is 1.99. The van der Waals surface area contributed by atoms with Gasteiger partial charge in [-0.05, 0) is 64.9 Å². The molecule has 1 aliphatic rings. The molecule has 3 unspecified atom stereocenters. The van der Waals surface area contributed by atoms with E-state index in [-0.39, 0.29) is 55.5 Å². The third-order valence-corrected chi connectivity index (χ3v) is 7.11. The van der Waals surface area contributed by atoms with Crippen molar-refractivity contribution in [2.75, 3.05) is 20.3 Å². The van der Waals surface area contributed by atoms with Gasteiger partial charge in [0.1, 0.15) is 24.3 Å². The molecule has 210 valence electrons. The Labute approximate surface area is 240 Å². The summed E-state index contributed by atoms with van der Waals surface area (Å²) < 4.78 is 25.7. The number of amides is 2. The zero-order valence-electron chi connectivity index (χ0n) is 21.7. The Morgan fingerprint density at radius 3 is 2.59 bits per heavy atom. The van der Waals surface area contributed by atoms with Crippen molar-refractivity contribution in [3.05, 3.63) is 68.6 Å². The van der Waals surface area contributed by atoms with E-state index in [1.807, 2.05) is 29.5 Å². The van der Waals surface area contributed by atoms with E-state index in [0.29, 0.717) is 27.4 Å². The lowest BCUT2D eigenvalue weighted by atomic mass is 9.87. The number of benzene rings is 2. The van der Waals surface area contributed by atoms with Crippen molar-refractivity contribution >= 4 is 40.7 Å². The van der Waals surface area contributed by atoms with E-state index in [0.717, 1.165) is 0 Å². The lowest BCUT2D eigenvalue weighted by Crippen LogP contribution is -2.54. The summed E-state index contributed by atoms with van der Waals surface area (Å²) in [7, 11) is 1.42. The highest BCUT2D eigenvalue weighted by Crippen LogP contribution is 2.37. The van der Waals surface area contributed by atoms with Crippen LogP contribution in [0.2, 0.25) is 0 Å². The number of nitrogens with zero attached hydrogens (tertiary/aromatic N) is 1. The molecule has 11 heteroatoms. The fraction of sp³-hybridized carbons (Fsp3) is 0.393. The van der Waals surface area contributed by atoms with Gasteiger partial charge < -0.3 is 29.9 Å². The van der Waals surface area contributed by atoms with Gasteiger partial charge >= 0.3 is 0 Å². The maximum Gasteiger partial charge on any atom is 0.247 e. The molecule has 2 aromatic rings. The molecule has 0 spiro atoms. The Bertz CT molecular complexity index is 1210. The lowest BCUT2D eigenvalue weighted by molar-refractivity contribution is -0.139. The van der Waals surface area contributed by atoms with Gasteiger partial charge in [-0.2, -0.15) is 0 Å². The van der Waals surface area contributed by atoms with E-state index in [1.54, 1.807) is 18.2 Å².